The fourth-order valence-corrected chi connectivity index (χ4v) is 1.19. The first kappa shape index (κ1) is 12.6. The van der Waals surface area contributed by atoms with Gasteiger partial charge in [0.2, 0.25) is 5.91 Å². The molecule has 0 radical (unpaired) electrons. The van der Waals surface area contributed by atoms with Crippen molar-refractivity contribution in [2.24, 2.45) is 5.92 Å². The van der Waals surface area contributed by atoms with Gasteiger partial charge in [0, 0.05) is 26.1 Å². The Bertz CT molecular complexity index is 300. The molecule has 90 valence electrons. The molecule has 2 N–H and O–H groups in total. The van der Waals surface area contributed by atoms with Gasteiger partial charge < -0.3 is 10.4 Å². The molecule has 1 amide bonds. The molecule has 0 aliphatic carbocycles. The number of rotatable bonds is 7. The van der Waals surface area contributed by atoms with E-state index < -0.39 is 0 Å². The molecule has 0 bridgehead atoms. The fraction of sp³-hybridized carbons (Fsp3) is 0.700. The van der Waals surface area contributed by atoms with Crippen LogP contribution in [0.4, 0.5) is 0 Å². The molecular weight excluding hydrogens is 208 g/mol. The first-order valence-electron chi connectivity index (χ1n) is 5.42. The number of hydrogen-bond donors (Lipinski definition) is 2. The van der Waals surface area contributed by atoms with Crippen LogP contribution in [0, 0.1) is 5.92 Å². The van der Waals surface area contributed by atoms with Gasteiger partial charge in [0.1, 0.15) is 12.7 Å². The second kappa shape index (κ2) is 6.95. The zero-order valence-electron chi connectivity index (χ0n) is 9.46. The molecule has 1 atom stereocenters. The quantitative estimate of drug-likeness (QED) is 0.675. The summed E-state index contributed by atoms with van der Waals surface area (Å²) in [5.74, 6) is 0.125. The molecule has 16 heavy (non-hydrogen) atoms. The summed E-state index contributed by atoms with van der Waals surface area (Å²) in [6.07, 6.45) is 4.31. The van der Waals surface area contributed by atoms with Gasteiger partial charge in [-0.05, 0) is 12.3 Å². The van der Waals surface area contributed by atoms with Crippen LogP contribution in [0.1, 0.15) is 19.8 Å². The molecule has 0 aromatic carbocycles. The number of aliphatic hydroxyl groups is 1. The zero-order valence-corrected chi connectivity index (χ0v) is 9.46. The normalized spacial score (nSPS) is 12.4. The molecule has 1 aromatic heterocycles. The molecule has 0 fully saturated rings. The summed E-state index contributed by atoms with van der Waals surface area (Å²) < 4.78 is 1.70. The van der Waals surface area contributed by atoms with Crippen molar-refractivity contribution in [1.29, 1.82) is 0 Å². The van der Waals surface area contributed by atoms with Crippen molar-refractivity contribution in [2.45, 2.75) is 26.3 Å². The van der Waals surface area contributed by atoms with Gasteiger partial charge >= 0.3 is 0 Å². The van der Waals surface area contributed by atoms with E-state index in [9.17, 15) is 4.79 Å². The molecule has 1 unspecified atom stereocenters. The Morgan fingerprint density at radius 2 is 2.44 bits per heavy atom. The summed E-state index contributed by atoms with van der Waals surface area (Å²) >= 11 is 0. The number of aliphatic hydroxyl groups excluding tert-OH is 1. The number of hydrogen-bond acceptors (Lipinski definition) is 4. The van der Waals surface area contributed by atoms with Crippen LogP contribution in [-0.2, 0) is 11.3 Å². The summed E-state index contributed by atoms with van der Waals surface area (Å²) in [6.45, 7) is 3.20. The van der Waals surface area contributed by atoms with Crippen molar-refractivity contribution in [1.82, 2.24) is 20.1 Å². The van der Waals surface area contributed by atoms with Gasteiger partial charge in [0.25, 0.3) is 0 Å². The highest BCUT2D eigenvalue weighted by Gasteiger charge is 2.04. The van der Waals surface area contributed by atoms with Crippen molar-refractivity contribution in [3.05, 3.63) is 12.7 Å². The minimum absolute atomic E-state index is 0.0143. The van der Waals surface area contributed by atoms with E-state index in [2.05, 4.69) is 15.4 Å². The van der Waals surface area contributed by atoms with Crippen LogP contribution in [-0.4, -0.2) is 38.9 Å². The second-order valence-electron chi connectivity index (χ2n) is 3.85. The van der Waals surface area contributed by atoms with E-state index in [0.717, 1.165) is 6.42 Å². The summed E-state index contributed by atoms with van der Waals surface area (Å²) in [5.41, 5.74) is 0. The summed E-state index contributed by atoms with van der Waals surface area (Å²) in [6, 6.07) is 0. The third-order valence-electron chi connectivity index (χ3n) is 2.22. The lowest BCUT2D eigenvalue weighted by atomic mass is 10.2. The van der Waals surface area contributed by atoms with E-state index in [-0.39, 0.29) is 18.4 Å². The number of carbonyl (C=O) groups excluding carboxylic acids is 1. The van der Waals surface area contributed by atoms with Gasteiger partial charge in [-0.3, -0.25) is 9.48 Å². The molecule has 1 rings (SSSR count). The van der Waals surface area contributed by atoms with E-state index in [4.69, 9.17) is 5.11 Å². The monoisotopic (exact) mass is 226 g/mol. The van der Waals surface area contributed by atoms with Crippen LogP contribution < -0.4 is 5.32 Å². The van der Waals surface area contributed by atoms with Crippen molar-refractivity contribution >= 4 is 5.91 Å². The molecule has 0 aliphatic heterocycles. The van der Waals surface area contributed by atoms with E-state index in [1.165, 1.54) is 6.33 Å². The third-order valence-corrected chi connectivity index (χ3v) is 2.22. The highest BCUT2D eigenvalue weighted by Crippen LogP contribution is 1.94. The van der Waals surface area contributed by atoms with Gasteiger partial charge in [0.15, 0.2) is 0 Å². The van der Waals surface area contributed by atoms with Gasteiger partial charge in [0.05, 0.1) is 0 Å². The standard InChI is InChI=1S/C10H18N4O2/c1-9(6-15)5-12-10(16)3-2-4-14-8-11-7-13-14/h7-9,15H,2-6H2,1H3,(H,12,16). The Kier molecular flexibility index (Phi) is 5.49. The van der Waals surface area contributed by atoms with Gasteiger partial charge in [-0.25, -0.2) is 4.98 Å². The molecular formula is C10H18N4O2. The predicted octanol–water partition coefficient (Wildman–Crippen LogP) is -0.197. The lowest BCUT2D eigenvalue weighted by molar-refractivity contribution is -0.121. The van der Waals surface area contributed by atoms with E-state index >= 15 is 0 Å². The fourth-order valence-electron chi connectivity index (χ4n) is 1.19. The first-order chi connectivity index (χ1) is 7.72. The van der Waals surface area contributed by atoms with Crippen molar-refractivity contribution in [3.63, 3.8) is 0 Å². The maximum Gasteiger partial charge on any atom is 0.220 e. The lowest BCUT2D eigenvalue weighted by Gasteiger charge is -2.09. The summed E-state index contributed by atoms with van der Waals surface area (Å²) in [7, 11) is 0. The molecule has 0 spiro atoms. The topological polar surface area (TPSA) is 80.0 Å². The van der Waals surface area contributed by atoms with E-state index in [1.807, 2.05) is 6.92 Å². The Hall–Kier alpha value is -1.43. The lowest BCUT2D eigenvalue weighted by Crippen LogP contribution is -2.29. The SMILES string of the molecule is CC(CO)CNC(=O)CCCn1cncn1. The summed E-state index contributed by atoms with van der Waals surface area (Å²) in [5, 5.41) is 15.5. The molecule has 0 aliphatic rings. The first-order valence-corrected chi connectivity index (χ1v) is 5.42. The Morgan fingerprint density at radius 3 is 3.06 bits per heavy atom. The van der Waals surface area contributed by atoms with Crippen molar-refractivity contribution < 1.29 is 9.90 Å². The Balaban J connectivity index is 2.06. The number of aromatic nitrogens is 3. The third kappa shape index (κ3) is 4.88. The largest absolute Gasteiger partial charge is 0.396 e. The molecule has 6 nitrogen and oxygen atoms in total. The average Bonchev–Trinajstić information content (AvgIpc) is 2.79. The minimum Gasteiger partial charge on any atom is -0.396 e. The van der Waals surface area contributed by atoms with Gasteiger partial charge in [-0.2, -0.15) is 5.10 Å². The molecule has 0 saturated heterocycles. The van der Waals surface area contributed by atoms with Gasteiger partial charge in [-0.1, -0.05) is 6.92 Å². The van der Waals surface area contributed by atoms with Crippen LogP contribution in [0.5, 0.6) is 0 Å². The number of aryl methyl sites for hydroxylation is 1. The summed E-state index contributed by atoms with van der Waals surface area (Å²) in [4.78, 5) is 15.2. The Labute approximate surface area is 94.7 Å². The molecule has 0 saturated carbocycles. The smallest absolute Gasteiger partial charge is 0.220 e. The number of amides is 1. The molecule has 1 heterocycles. The van der Waals surface area contributed by atoms with Crippen LogP contribution in [0.3, 0.4) is 0 Å². The Morgan fingerprint density at radius 1 is 1.62 bits per heavy atom. The number of nitrogens with one attached hydrogen (secondary N) is 1. The van der Waals surface area contributed by atoms with Crippen LogP contribution >= 0.6 is 0 Å². The maximum atomic E-state index is 11.4. The van der Waals surface area contributed by atoms with E-state index in [0.29, 0.717) is 19.5 Å². The van der Waals surface area contributed by atoms with E-state index in [1.54, 1.807) is 11.0 Å². The van der Waals surface area contributed by atoms with Crippen LogP contribution in [0.2, 0.25) is 0 Å². The number of carbonyl (C=O) groups is 1. The van der Waals surface area contributed by atoms with Crippen LogP contribution in [0.25, 0.3) is 0 Å². The highest BCUT2D eigenvalue weighted by molar-refractivity contribution is 5.75. The molecule has 1 aromatic rings. The molecule has 6 heteroatoms. The van der Waals surface area contributed by atoms with Crippen molar-refractivity contribution in [2.75, 3.05) is 13.2 Å². The predicted molar refractivity (Wildman–Crippen MR) is 58.5 cm³/mol. The number of nitrogens with zero attached hydrogens (tertiary/aromatic N) is 3. The van der Waals surface area contributed by atoms with Gasteiger partial charge in [-0.15, -0.1) is 0 Å². The minimum atomic E-state index is 0.0143. The average molecular weight is 226 g/mol. The second-order valence-corrected chi connectivity index (χ2v) is 3.85. The van der Waals surface area contributed by atoms with Crippen molar-refractivity contribution in [3.8, 4) is 0 Å². The zero-order chi connectivity index (χ0) is 11.8. The highest BCUT2D eigenvalue weighted by atomic mass is 16.3. The van der Waals surface area contributed by atoms with Crippen LogP contribution in [0.15, 0.2) is 12.7 Å². The maximum absolute atomic E-state index is 11.4.